The molecule has 222 valence electrons. The number of phenols is 1. The Morgan fingerprint density at radius 3 is 2.34 bits per heavy atom. The van der Waals surface area contributed by atoms with Crippen molar-refractivity contribution in [2.45, 2.75) is 57.7 Å². The number of benzene rings is 2. The highest BCUT2D eigenvalue weighted by atomic mass is 16.4. The molecule has 0 aromatic heterocycles. The highest BCUT2D eigenvalue weighted by Crippen LogP contribution is 2.35. The molecule has 8 heteroatoms. The molecule has 2 N–H and O–H groups in total. The van der Waals surface area contributed by atoms with E-state index in [-0.39, 0.29) is 30.2 Å². The minimum absolute atomic E-state index is 0.0554. The van der Waals surface area contributed by atoms with E-state index in [0.29, 0.717) is 24.7 Å². The Balaban J connectivity index is 1.46. The molecule has 2 saturated heterocycles. The quantitative estimate of drug-likeness (QED) is 0.292. The highest BCUT2D eigenvalue weighted by Gasteiger charge is 2.35. The predicted molar refractivity (Wildman–Crippen MR) is 162 cm³/mol. The van der Waals surface area contributed by atoms with Gasteiger partial charge in [-0.3, -0.25) is 24.3 Å². The van der Waals surface area contributed by atoms with Crippen LogP contribution in [-0.2, 0) is 4.79 Å². The first-order valence-corrected chi connectivity index (χ1v) is 15.0. The molecule has 1 unspecified atom stereocenters. The molecule has 8 nitrogen and oxygen atoms in total. The van der Waals surface area contributed by atoms with Crippen LogP contribution in [0.1, 0.15) is 67.1 Å². The van der Waals surface area contributed by atoms with E-state index in [1.54, 1.807) is 6.07 Å². The van der Waals surface area contributed by atoms with Crippen molar-refractivity contribution in [3.8, 4) is 5.75 Å². The molecule has 1 amide bonds. The number of hydrogen-bond acceptors (Lipinski definition) is 6. The Labute approximate surface area is 244 Å². The van der Waals surface area contributed by atoms with Crippen LogP contribution < -0.4 is 0 Å². The Kier molecular flexibility index (Phi) is 11.0. The maximum Gasteiger partial charge on any atom is 0.303 e. The van der Waals surface area contributed by atoms with Crippen molar-refractivity contribution >= 4 is 11.9 Å². The van der Waals surface area contributed by atoms with Gasteiger partial charge in [-0.1, -0.05) is 36.8 Å². The average Bonchev–Trinajstić information content (AvgIpc) is 2.96. The van der Waals surface area contributed by atoms with Crippen LogP contribution in [0.15, 0.2) is 61.2 Å². The molecule has 2 fully saturated rings. The van der Waals surface area contributed by atoms with Gasteiger partial charge in [0.05, 0.1) is 6.04 Å². The van der Waals surface area contributed by atoms with E-state index in [9.17, 15) is 14.7 Å². The Morgan fingerprint density at radius 2 is 1.66 bits per heavy atom. The summed E-state index contributed by atoms with van der Waals surface area (Å²) in [6.07, 6.45) is 4.81. The fourth-order valence-electron chi connectivity index (χ4n) is 6.26. The van der Waals surface area contributed by atoms with Crippen LogP contribution in [0, 0.1) is 0 Å². The molecule has 2 heterocycles. The number of carbonyl (C=O) groups is 2. The summed E-state index contributed by atoms with van der Waals surface area (Å²) in [7, 11) is 0. The lowest BCUT2D eigenvalue weighted by Crippen LogP contribution is -2.57. The van der Waals surface area contributed by atoms with Gasteiger partial charge in [0.2, 0.25) is 0 Å². The third-order valence-electron chi connectivity index (χ3n) is 8.52. The number of aromatic hydroxyl groups is 1. The minimum atomic E-state index is -0.732. The molecule has 0 radical (unpaired) electrons. The van der Waals surface area contributed by atoms with E-state index in [1.807, 2.05) is 41.3 Å². The largest absolute Gasteiger partial charge is 0.508 e. The van der Waals surface area contributed by atoms with E-state index in [1.165, 1.54) is 0 Å². The van der Waals surface area contributed by atoms with Crippen LogP contribution in [0.2, 0.25) is 0 Å². The number of nitrogens with zero attached hydrogens (tertiary/aromatic N) is 4. The van der Waals surface area contributed by atoms with Crippen LogP contribution in [0.3, 0.4) is 0 Å². The van der Waals surface area contributed by atoms with E-state index in [2.05, 4.69) is 47.3 Å². The lowest BCUT2D eigenvalue weighted by atomic mass is 9.92. The van der Waals surface area contributed by atoms with E-state index in [0.717, 1.165) is 69.7 Å². The first-order chi connectivity index (χ1) is 19.8. The van der Waals surface area contributed by atoms with Gasteiger partial charge in [0.25, 0.3) is 5.91 Å². The number of amides is 1. The van der Waals surface area contributed by atoms with Gasteiger partial charge in [-0.15, -0.1) is 6.58 Å². The second-order valence-electron chi connectivity index (χ2n) is 11.6. The van der Waals surface area contributed by atoms with Gasteiger partial charge in [-0.2, -0.15) is 0 Å². The van der Waals surface area contributed by atoms with Gasteiger partial charge in [0.15, 0.2) is 0 Å². The van der Waals surface area contributed by atoms with Crippen molar-refractivity contribution < 1.29 is 19.8 Å². The normalized spacial score (nSPS) is 21.5. The molecule has 2 aromatic rings. The third-order valence-corrected chi connectivity index (χ3v) is 8.52. The molecule has 2 aliphatic rings. The van der Waals surface area contributed by atoms with E-state index >= 15 is 0 Å². The molecule has 0 spiro atoms. The molecule has 3 atom stereocenters. The number of carboxylic acid groups (broad SMARTS) is 1. The van der Waals surface area contributed by atoms with Crippen molar-refractivity contribution in [1.29, 1.82) is 0 Å². The molecule has 4 rings (SSSR count). The zero-order valence-electron chi connectivity index (χ0n) is 24.6. The summed E-state index contributed by atoms with van der Waals surface area (Å²) in [5.74, 6) is -0.435. The van der Waals surface area contributed by atoms with Crippen LogP contribution in [0.25, 0.3) is 0 Å². The number of piperazine rings is 2. The smallest absolute Gasteiger partial charge is 0.303 e. The van der Waals surface area contributed by atoms with E-state index in [4.69, 9.17) is 5.11 Å². The molecule has 0 aliphatic carbocycles. The Bertz CT molecular complexity index is 1180. The Hall–Kier alpha value is -3.20. The fraction of sp³-hybridized carbons (Fsp3) is 0.515. The molecule has 2 aliphatic heterocycles. The summed E-state index contributed by atoms with van der Waals surface area (Å²) in [5, 5.41) is 19.2. The maximum atomic E-state index is 13.6. The maximum absolute atomic E-state index is 13.6. The summed E-state index contributed by atoms with van der Waals surface area (Å²) in [6, 6.07) is 16.1. The number of aliphatic carboxylic acids is 1. The predicted octanol–water partition coefficient (Wildman–Crippen LogP) is 4.47. The first kappa shape index (κ1) is 30.8. The van der Waals surface area contributed by atoms with Crippen LogP contribution in [-0.4, -0.2) is 106 Å². The van der Waals surface area contributed by atoms with Crippen molar-refractivity contribution in [2.75, 3.05) is 52.4 Å². The van der Waals surface area contributed by atoms with Crippen LogP contribution >= 0.6 is 0 Å². The second-order valence-corrected chi connectivity index (χ2v) is 11.6. The number of carbonyl (C=O) groups excluding carboxylic acids is 1. The van der Waals surface area contributed by atoms with Crippen LogP contribution in [0.5, 0.6) is 5.75 Å². The minimum Gasteiger partial charge on any atom is -0.508 e. The number of hydrogen-bond donors (Lipinski definition) is 2. The summed E-state index contributed by atoms with van der Waals surface area (Å²) >= 11 is 0. The van der Waals surface area contributed by atoms with Gasteiger partial charge in [0, 0.05) is 69.9 Å². The zero-order chi connectivity index (χ0) is 29.4. The Morgan fingerprint density at radius 1 is 0.951 bits per heavy atom. The monoisotopic (exact) mass is 562 g/mol. The number of phenolic OH excluding ortho intramolecular Hbond substituents is 1. The highest BCUT2D eigenvalue weighted by molar-refractivity contribution is 5.94. The summed E-state index contributed by atoms with van der Waals surface area (Å²) in [6.45, 7) is 15.1. The van der Waals surface area contributed by atoms with Crippen molar-refractivity contribution in [3.05, 3.63) is 77.9 Å². The molecular formula is C33H46N4O4. The van der Waals surface area contributed by atoms with Gasteiger partial charge >= 0.3 is 5.97 Å². The molecule has 2 aromatic carbocycles. The lowest BCUT2D eigenvalue weighted by molar-refractivity contribution is -0.137. The zero-order valence-corrected chi connectivity index (χ0v) is 24.6. The average molecular weight is 563 g/mol. The lowest BCUT2D eigenvalue weighted by Gasteiger charge is -2.47. The summed E-state index contributed by atoms with van der Waals surface area (Å²) in [5.41, 5.74) is 2.77. The summed E-state index contributed by atoms with van der Waals surface area (Å²) in [4.78, 5) is 33.6. The second kappa shape index (κ2) is 14.6. The van der Waals surface area contributed by atoms with E-state index < -0.39 is 5.97 Å². The fourth-order valence-corrected chi connectivity index (χ4v) is 6.26. The number of carboxylic acids is 1. The van der Waals surface area contributed by atoms with Gasteiger partial charge in [0.1, 0.15) is 5.75 Å². The van der Waals surface area contributed by atoms with Gasteiger partial charge in [-0.05, 0) is 68.6 Å². The van der Waals surface area contributed by atoms with Crippen molar-refractivity contribution in [2.24, 2.45) is 0 Å². The van der Waals surface area contributed by atoms with Gasteiger partial charge in [-0.25, -0.2) is 0 Å². The standard InChI is InChI=1S/C33H46N4O4/c1-4-15-36-23-26(3)37(24-25(36)2)32(28-11-9-13-30(38)22-28)27-10-8-12-29(21-27)33(41)35-19-17-34(18-20-35)16-7-5-6-14-31(39)40/h4,8-13,21-22,25-26,32,38H,1,5-7,14-20,23-24H2,2-3H3,(H,39,40)/t25-,26-,32?/m1/s1. The topological polar surface area (TPSA) is 87.6 Å². The van der Waals surface area contributed by atoms with Gasteiger partial charge < -0.3 is 15.1 Å². The molecule has 41 heavy (non-hydrogen) atoms. The third kappa shape index (κ3) is 8.18. The van der Waals surface area contributed by atoms with Crippen molar-refractivity contribution in [3.63, 3.8) is 0 Å². The molecule has 0 saturated carbocycles. The summed E-state index contributed by atoms with van der Waals surface area (Å²) < 4.78 is 0. The molecular weight excluding hydrogens is 516 g/mol. The van der Waals surface area contributed by atoms with Crippen molar-refractivity contribution in [1.82, 2.24) is 19.6 Å². The number of rotatable bonds is 12. The first-order valence-electron chi connectivity index (χ1n) is 15.0. The number of unbranched alkanes of at least 4 members (excludes halogenated alkanes) is 2. The van der Waals surface area contributed by atoms with Crippen LogP contribution in [0.4, 0.5) is 0 Å². The SMILES string of the molecule is C=CCN1C[C@@H](C)N(C(c2cccc(O)c2)c2cccc(C(=O)N3CCN(CCCCCC(=O)O)CC3)c2)C[C@H]1C. The molecule has 0 bridgehead atoms.